The van der Waals surface area contributed by atoms with Crippen LogP contribution in [0.4, 0.5) is 5.69 Å². The van der Waals surface area contributed by atoms with Crippen LogP contribution in [-0.4, -0.2) is 24.7 Å². The molecule has 0 saturated heterocycles. The molecule has 3 aromatic rings. The number of anilines is 1. The molecule has 3 aromatic carbocycles. The van der Waals surface area contributed by atoms with Crippen LogP contribution in [0.3, 0.4) is 0 Å². The molecule has 1 N–H and O–H groups in total. The molecule has 0 bridgehead atoms. The van der Waals surface area contributed by atoms with Crippen molar-refractivity contribution in [2.45, 2.75) is 51.1 Å². The van der Waals surface area contributed by atoms with Gasteiger partial charge in [0, 0.05) is 12.2 Å². The number of carbonyl (C=O) groups excluding carboxylic acids is 1. The second kappa shape index (κ2) is 8.88. The number of nitrogens with zero attached hydrogens (tertiary/aromatic N) is 1. The summed E-state index contributed by atoms with van der Waals surface area (Å²) in [6.07, 6.45) is 1.11. The smallest absolute Gasteiger partial charge is 0.244 e. The lowest BCUT2D eigenvalue weighted by Crippen LogP contribution is -2.50. The fourth-order valence-corrected chi connectivity index (χ4v) is 5.79. The number of rotatable bonds is 5. The standard InChI is InChI=1S/C26H28N2O3S/c1-4-20-11-7-8-19(3)25(20)27-26(29)24-16-21-9-5-6-10-22(21)17-28(24)32(30,31)23-14-12-18(2)13-15-23/h5-15,24H,4,16-17H2,1-3H3,(H,27,29)/t24-/m1/s1. The summed E-state index contributed by atoms with van der Waals surface area (Å²) in [6.45, 7) is 6.07. The number of hydrogen-bond donors (Lipinski definition) is 1. The van der Waals surface area contributed by atoms with Gasteiger partial charge in [-0.2, -0.15) is 4.31 Å². The Balaban J connectivity index is 1.74. The van der Waals surface area contributed by atoms with Crippen LogP contribution in [-0.2, 0) is 34.2 Å². The predicted octanol–water partition coefficient (Wildman–Crippen LogP) is 4.62. The highest BCUT2D eigenvalue weighted by molar-refractivity contribution is 7.89. The molecule has 0 spiro atoms. The summed E-state index contributed by atoms with van der Waals surface area (Å²) in [6, 6.07) is 19.6. The van der Waals surface area contributed by atoms with Gasteiger partial charge >= 0.3 is 0 Å². The highest BCUT2D eigenvalue weighted by Gasteiger charge is 2.39. The molecule has 0 aliphatic carbocycles. The van der Waals surface area contributed by atoms with E-state index in [1.165, 1.54) is 4.31 Å². The molecule has 1 heterocycles. The van der Waals surface area contributed by atoms with Gasteiger partial charge in [-0.15, -0.1) is 0 Å². The maximum Gasteiger partial charge on any atom is 0.244 e. The van der Waals surface area contributed by atoms with Crippen LogP contribution >= 0.6 is 0 Å². The lowest BCUT2D eigenvalue weighted by atomic mass is 9.95. The van der Waals surface area contributed by atoms with Crippen molar-refractivity contribution >= 4 is 21.6 Å². The number of aryl methyl sites for hydroxylation is 3. The second-order valence-corrected chi connectivity index (χ2v) is 10.2. The highest BCUT2D eigenvalue weighted by atomic mass is 32.2. The summed E-state index contributed by atoms with van der Waals surface area (Å²) in [4.78, 5) is 13.7. The Morgan fingerprint density at radius 3 is 2.34 bits per heavy atom. The van der Waals surface area contributed by atoms with Crippen molar-refractivity contribution in [1.82, 2.24) is 4.31 Å². The lowest BCUT2D eigenvalue weighted by Gasteiger charge is -2.35. The Hall–Kier alpha value is -2.96. The van der Waals surface area contributed by atoms with Crippen LogP contribution in [0.25, 0.3) is 0 Å². The number of benzene rings is 3. The van der Waals surface area contributed by atoms with Crippen LogP contribution in [0, 0.1) is 13.8 Å². The zero-order chi connectivity index (χ0) is 22.9. The van der Waals surface area contributed by atoms with Gasteiger partial charge in [-0.3, -0.25) is 4.79 Å². The molecule has 0 radical (unpaired) electrons. The van der Waals surface area contributed by atoms with E-state index in [0.717, 1.165) is 39.9 Å². The van der Waals surface area contributed by atoms with Gasteiger partial charge in [0.25, 0.3) is 0 Å². The van der Waals surface area contributed by atoms with Crippen LogP contribution in [0.2, 0.25) is 0 Å². The van der Waals surface area contributed by atoms with Gasteiger partial charge < -0.3 is 5.32 Å². The second-order valence-electron chi connectivity index (χ2n) is 8.30. The monoisotopic (exact) mass is 448 g/mol. The van der Waals surface area contributed by atoms with E-state index in [9.17, 15) is 13.2 Å². The number of fused-ring (bicyclic) bond motifs is 1. The Morgan fingerprint density at radius 2 is 1.66 bits per heavy atom. The average Bonchev–Trinajstić information content (AvgIpc) is 2.79. The van der Waals surface area contributed by atoms with Crippen molar-refractivity contribution in [2.75, 3.05) is 5.32 Å². The number of hydrogen-bond acceptors (Lipinski definition) is 3. The lowest BCUT2D eigenvalue weighted by molar-refractivity contribution is -0.120. The third-order valence-electron chi connectivity index (χ3n) is 6.12. The molecule has 1 aliphatic rings. The molecule has 0 unspecified atom stereocenters. The molecule has 0 saturated carbocycles. The predicted molar refractivity (Wildman–Crippen MR) is 127 cm³/mol. The largest absolute Gasteiger partial charge is 0.324 e. The number of amides is 1. The highest BCUT2D eigenvalue weighted by Crippen LogP contribution is 2.31. The van der Waals surface area contributed by atoms with Crippen molar-refractivity contribution in [1.29, 1.82) is 0 Å². The van der Waals surface area contributed by atoms with Crippen molar-refractivity contribution in [2.24, 2.45) is 0 Å². The zero-order valence-corrected chi connectivity index (χ0v) is 19.4. The Morgan fingerprint density at radius 1 is 0.969 bits per heavy atom. The number of para-hydroxylation sites is 1. The summed E-state index contributed by atoms with van der Waals surface area (Å²) in [5.41, 5.74) is 5.67. The summed E-state index contributed by atoms with van der Waals surface area (Å²) in [5, 5.41) is 3.05. The van der Waals surface area contributed by atoms with Gasteiger partial charge in [-0.25, -0.2) is 8.42 Å². The van der Waals surface area contributed by atoms with Crippen molar-refractivity contribution < 1.29 is 13.2 Å². The molecule has 1 aliphatic heterocycles. The normalized spacial score (nSPS) is 16.4. The molecule has 0 aromatic heterocycles. The first-order valence-electron chi connectivity index (χ1n) is 10.9. The van der Waals surface area contributed by atoms with E-state index >= 15 is 0 Å². The van der Waals surface area contributed by atoms with E-state index in [-0.39, 0.29) is 17.3 Å². The fourth-order valence-electron chi connectivity index (χ4n) is 4.23. The molecule has 4 rings (SSSR count). The van der Waals surface area contributed by atoms with Crippen LogP contribution in [0.15, 0.2) is 71.6 Å². The third kappa shape index (κ3) is 4.20. The Labute approximate surface area is 190 Å². The summed E-state index contributed by atoms with van der Waals surface area (Å²) in [7, 11) is -3.86. The first kappa shape index (κ1) is 22.2. The first-order valence-corrected chi connectivity index (χ1v) is 12.3. The van der Waals surface area contributed by atoms with Crippen LogP contribution in [0.5, 0.6) is 0 Å². The van der Waals surface area contributed by atoms with E-state index in [1.54, 1.807) is 24.3 Å². The van der Waals surface area contributed by atoms with Crippen LogP contribution in [0.1, 0.15) is 34.7 Å². The molecular weight excluding hydrogens is 420 g/mol. The summed E-state index contributed by atoms with van der Waals surface area (Å²) < 4.78 is 28.6. The quantitative estimate of drug-likeness (QED) is 0.619. The first-order chi connectivity index (χ1) is 15.3. The topological polar surface area (TPSA) is 66.5 Å². The number of nitrogens with one attached hydrogen (secondary N) is 1. The van der Waals surface area contributed by atoms with Gasteiger partial charge in [0.2, 0.25) is 15.9 Å². The molecular formula is C26H28N2O3S. The fraction of sp³-hybridized carbons (Fsp3) is 0.269. The maximum atomic E-state index is 13.6. The van der Waals surface area contributed by atoms with Gasteiger partial charge in [-0.05, 0) is 61.1 Å². The number of sulfonamides is 1. The van der Waals surface area contributed by atoms with E-state index in [1.807, 2.05) is 63.2 Å². The maximum absolute atomic E-state index is 13.6. The van der Waals surface area contributed by atoms with Crippen LogP contribution < -0.4 is 5.32 Å². The zero-order valence-electron chi connectivity index (χ0n) is 18.6. The molecule has 1 atom stereocenters. The summed E-state index contributed by atoms with van der Waals surface area (Å²) >= 11 is 0. The van der Waals surface area contributed by atoms with Crippen molar-refractivity contribution in [3.8, 4) is 0 Å². The van der Waals surface area contributed by atoms with E-state index < -0.39 is 16.1 Å². The van der Waals surface area contributed by atoms with Crippen molar-refractivity contribution in [3.05, 3.63) is 94.5 Å². The molecule has 166 valence electrons. The van der Waals surface area contributed by atoms with E-state index in [0.29, 0.717) is 6.42 Å². The Kier molecular flexibility index (Phi) is 6.17. The third-order valence-corrected chi connectivity index (χ3v) is 7.99. The molecule has 0 fully saturated rings. The number of carbonyl (C=O) groups is 1. The van der Waals surface area contributed by atoms with Gasteiger partial charge in [0.1, 0.15) is 6.04 Å². The van der Waals surface area contributed by atoms with E-state index in [2.05, 4.69) is 5.32 Å². The van der Waals surface area contributed by atoms with Gasteiger partial charge in [0.15, 0.2) is 0 Å². The minimum Gasteiger partial charge on any atom is -0.324 e. The van der Waals surface area contributed by atoms with Crippen molar-refractivity contribution in [3.63, 3.8) is 0 Å². The van der Waals surface area contributed by atoms with Gasteiger partial charge in [-0.1, -0.05) is 67.1 Å². The minimum absolute atomic E-state index is 0.166. The molecule has 6 heteroatoms. The SMILES string of the molecule is CCc1cccc(C)c1NC(=O)[C@H]1Cc2ccccc2CN1S(=O)(=O)c1ccc(C)cc1. The summed E-state index contributed by atoms with van der Waals surface area (Å²) in [5.74, 6) is -0.306. The van der Waals surface area contributed by atoms with Gasteiger partial charge in [0.05, 0.1) is 4.90 Å². The van der Waals surface area contributed by atoms with E-state index in [4.69, 9.17) is 0 Å². The Bertz CT molecular complexity index is 1250. The average molecular weight is 449 g/mol. The molecule has 32 heavy (non-hydrogen) atoms. The minimum atomic E-state index is -3.86. The molecule has 5 nitrogen and oxygen atoms in total. The molecule has 1 amide bonds.